The SMILES string of the molecule is CC1CN(C(=O)Cc2cccc3ccccc23)c2ccccc2NC1=O. The summed E-state index contributed by atoms with van der Waals surface area (Å²) in [6, 6.07) is 21.6. The third-order valence-electron chi connectivity index (χ3n) is 4.88. The fourth-order valence-corrected chi connectivity index (χ4v) is 3.47. The fraction of sp³-hybridized carbons (Fsp3) is 0.182. The van der Waals surface area contributed by atoms with Crippen LogP contribution in [0.5, 0.6) is 0 Å². The molecule has 0 fully saturated rings. The lowest BCUT2D eigenvalue weighted by Gasteiger charge is -2.24. The van der Waals surface area contributed by atoms with Gasteiger partial charge in [0, 0.05) is 6.54 Å². The predicted octanol–water partition coefficient (Wildman–Crippen LogP) is 4.00. The lowest BCUT2D eigenvalue weighted by molar-refractivity contribution is -0.119. The largest absolute Gasteiger partial charge is 0.324 e. The zero-order chi connectivity index (χ0) is 18.1. The number of rotatable bonds is 2. The van der Waals surface area contributed by atoms with Gasteiger partial charge in [-0.3, -0.25) is 9.59 Å². The number of fused-ring (bicyclic) bond motifs is 2. The van der Waals surface area contributed by atoms with E-state index in [1.807, 2.05) is 61.5 Å². The molecular weight excluding hydrogens is 324 g/mol. The molecule has 1 aliphatic heterocycles. The van der Waals surface area contributed by atoms with Crippen molar-refractivity contribution >= 4 is 34.0 Å². The van der Waals surface area contributed by atoms with Crippen LogP contribution in [0.2, 0.25) is 0 Å². The van der Waals surface area contributed by atoms with Crippen molar-refractivity contribution in [2.45, 2.75) is 13.3 Å². The summed E-state index contributed by atoms with van der Waals surface area (Å²) in [5.41, 5.74) is 2.45. The summed E-state index contributed by atoms with van der Waals surface area (Å²) in [5, 5.41) is 5.13. The number of nitrogens with one attached hydrogen (secondary N) is 1. The topological polar surface area (TPSA) is 49.4 Å². The highest BCUT2D eigenvalue weighted by Crippen LogP contribution is 2.31. The maximum absolute atomic E-state index is 13.2. The third kappa shape index (κ3) is 2.94. The Balaban J connectivity index is 1.70. The number of carbonyl (C=O) groups excluding carboxylic acids is 2. The van der Waals surface area contributed by atoms with Gasteiger partial charge in [-0.1, -0.05) is 61.5 Å². The van der Waals surface area contributed by atoms with Gasteiger partial charge in [-0.15, -0.1) is 0 Å². The highest BCUT2D eigenvalue weighted by Gasteiger charge is 2.28. The molecule has 0 aliphatic carbocycles. The van der Waals surface area contributed by atoms with E-state index in [4.69, 9.17) is 0 Å². The van der Waals surface area contributed by atoms with Crippen molar-refractivity contribution in [2.24, 2.45) is 5.92 Å². The van der Waals surface area contributed by atoms with Crippen molar-refractivity contribution in [1.29, 1.82) is 0 Å². The highest BCUT2D eigenvalue weighted by atomic mass is 16.2. The van der Waals surface area contributed by atoms with E-state index in [1.165, 1.54) is 0 Å². The minimum atomic E-state index is -0.265. The molecule has 0 radical (unpaired) electrons. The molecule has 4 heteroatoms. The Kier molecular flexibility index (Phi) is 4.17. The molecule has 3 aromatic carbocycles. The number of carbonyl (C=O) groups is 2. The second-order valence-electron chi connectivity index (χ2n) is 6.73. The quantitative estimate of drug-likeness (QED) is 0.764. The first-order chi connectivity index (χ1) is 12.6. The number of benzene rings is 3. The number of amides is 2. The van der Waals surface area contributed by atoms with E-state index in [0.717, 1.165) is 22.0 Å². The minimum absolute atomic E-state index is 0.00264. The molecule has 1 N–H and O–H groups in total. The molecule has 1 atom stereocenters. The van der Waals surface area contributed by atoms with Gasteiger partial charge in [0.15, 0.2) is 0 Å². The Morgan fingerprint density at radius 1 is 1.04 bits per heavy atom. The number of hydrogen-bond acceptors (Lipinski definition) is 2. The monoisotopic (exact) mass is 344 g/mol. The first-order valence-corrected chi connectivity index (χ1v) is 8.80. The van der Waals surface area contributed by atoms with Gasteiger partial charge in [0.1, 0.15) is 0 Å². The fourth-order valence-electron chi connectivity index (χ4n) is 3.47. The van der Waals surface area contributed by atoms with Crippen LogP contribution in [-0.2, 0) is 16.0 Å². The number of anilines is 2. The molecule has 0 spiro atoms. The molecule has 1 aliphatic rings. The maximum atomic E-state index is 13.2. The summed E-state index contributed by atoms with van der Waals surface area (Å²) in [7, 11) is 0. The van der Waals surface area contributed by atoms with Crippen LogP contribution in [0.3, 0.4) is 0 Å². The van der Waals surface area contributed by atoms with Crippen LogP contribution in [-0.4, -0.2) is 18.4 Å². The predicted molar refractivity (Wildman–Crippen MR) is 104 cm³/mol. The van der Waals surface area contributed by atoms with Crippen LogP contribution in [0.4, 0.5) is 11.4 Å². The Labute approximate surface area is 152 Å². The summed E-state index contributed by atoms with van der Waals surface area (Å²) in [5.74, 6) is -0.325. The van der Waals surface area contributed by atoms with E-state index in [9.17, 15) is 9.59 Å². The summed E-state index contributed by atoms with van der Waals surface area (Å²) in [6.07, 6.45) is 0.302. The molecule has 1 heterocycles. The van der Waals surface area contributed by atoms with Gasteiger partial charge in [-0.2, -0.15) is 0 Å². The van der Waals surface area contributed by atoms with Crippen molar-refractivity contribution in [3.8, 4) is 0 Å². The summed E-state index contributed by atoms with van der Waals surface area (Å²) < 4.78 is 0. The standard InChI is InChI=1S/C22H20N2O2/c1-15-14-24(20-12-5-4-11-19(20)23-22(15)26)21(25)13-17-9-6-8-16-7-2-3-10-18(16)17/h2-12,15H,13-14H2,1H3,(H,23,26). The van der Waals surface area contributed by atoms with Crippen LogP contribution in [0.1, 0.15) is 12.5 Å². The number of para-hydroxylation sites is 2. The van der Waals surface area contributed by atoms with E-state index in [-0.39, 0.29) is 17.7 Å². The van der Waals surface area contributed by atoms with Crippen molar-refractivity contribution < 1.29 is 9.59 Å². The molecule has 26 heavy (non-hydrogen) atoms. The molecule has 0 aromatic heterocycles. The Morgan fingerprint density at radius 3 is 2.65 bits per heavy atom. The summed E-state index contributed by atoms with van der Waals surface area (Å²) >= 11 is 0. The zero-order valence-corrected chi connectivity index (χ0v) is 14.6. The van der Waals surface area contributed by atoms with Crippen LogP contribution in [0, 0.1) is 5.92 Å². The van der Waals surface area contributed by atoms with E-state index in [2.05, 4.69) is 17.4 Å². The average Bonchev–Trinajstić information content (AvgIpc) is 2.79. The molecular formula is C22H20N2O2. The highest BCUT2D eigenvalue weighted by molar-refractivity contribution is 6.05. The normalized spacial score (nSPS) is 16.7. The zero-order valence-electron chi connectivity index (χ0n) is 14.6. The molecule has 0 bridgehead atoms. The van der Waals surface area contributed by atoms with Gasteiger partial charge in [-0.25, -0.2) is 0 Å². The smallest absolute Gasteiger partial charge is 0.231 e. The van der Waals surface area contributed by atoms with Crippen LogP contribution >= 0.6 is 0 Å². The molecule has 4 nitrogen and oxygen atoms in total. The Hall–Kier alpha value is -3.14. The van der Waals surface area contributed by atoms with Crippen molar-refractivity contribution in [1.82, 2.24) is 0 Å². The molecule has 4 rings (SSSR count). The molecule has 130 valence electrons. The van der Waals surface area contributed by atoms with Crippen LogP contribution < -0.4 is 10.2 Å². The van der Waals surface area contributed by atoms with Gasteiger partial charge < -0.3 is 10.2 Å². The van der Waals surface area contributed by atoms with Crippen molar-refractivity contribution in [2.75, 3.05) is 16.8 Å². The summed E-state index contributed by atoms with van der Waals surface area (Å²) in [4.78, 5) is 27.1. The second-order valence-corrected chi connectivity index (χ2v) is 6.73. The van der Waals surface area contributed by atoms with Gasteiger partial charge in [0.25, 0.3) is 0 Å². The number of hydrogen-bond donors (Lipinski definition) is 1. The Bertz CT molecular complexity index is 991. The molecule has 3 aromatic rings. The molecule has 0 saturated heterocycles. The van der Waals surface area contributed by atoms with Crippen molar-refractivity contribution in [3.63, 3.8) is 0 Å². The van der Waals surface area contributed by atoms with E-state index in [0.29, 0.717) is 18.7 Å². The lowest BCUT2D eigenvalue weighted by Crippen LogP contribution is -2.36. The molecule has 2 amide bonds. The van der Waals surface area contributed by atoms with Crippen molar-refractivity contribution in [3.05, 3.63) is 72.3 Å². The average molecular weight is 344 g/mol. The maximum Gasteiger partial charge on any atom is 0.231 e. The molecule has 0 saturated carbocycles. The third-order valence-corrected chi connectivity index (χ3v) is 4.88. The number of nitrogens with zero attached hydrogens (tertiary/aromatic N) is 1. The first kappa shape index (κ1) is 16.3. The van der Waals surface area contributed by atoms with Crippen LogP contribution in [0.25, 0.3) is 10.8 Å². The first-order valence-electron chi connectivity index (χ1n) is 8.80. The van der Waals surface area contributed by atoms with E-state index < -0.39 is 0 Å². The van der Waals surface area contributed by atoms with E-state index >= 15 is 0 Å². The lowest BCUT2D eigenvalue weighted by atomic mass is 10.0. The Morgan fingerprint density at radius 2 is 1.77 bits per heavy atom. The van der Waals surface area contributed by atoms with Gasteiger partial charge in [0.05, 0.1) is 23.7 Å². The van der Waals surface area contributed by atoms with Gasteiger partial charge in [0.2, 0.25) is 11.8 Å². The molecule has 1 unspecified atom stereocenters. The minimum Gasteiger partial charge on any atom is -0.324 e. The van der Waals surface area contributed by atoms with Gasteiger partial charge in [-0.05, 0) is 28.5 Å². The van der Waals surface area contributed by atoms with Gasteiger partial charge >= 0.3 is 0 Å². The second kappa shape index (κ2) is 6.64. The van der Waals surface area contributed by atoms with Crippen LogP contribution in [0.15, 0.2) is 66.7 Å². The summed E-state index contributed by atoms with van der Waals surface area (Å²) in [6.45, 7) is 2.23. The van der Waals surface area contributed by atoms with E-state index in [1.54, 1.807) is 4.90 Å².